The molecule has 0 aromatic heterocycles. The van der Waals surface area contributed by atoms with E-state index in [2.05, 4.69) is 5.32 Å². The van der Waals surface area contributed by atoms with Crippen molar-refractivity contribution in [2.24, 2.45) is 0 Å². The van der Waals surface area contributed by atoms with Gasteiger partial charge >= 0.3 is 6.03 Å². The Bertz CT molecular complexity index is 468. The van der Waals surface area contributed by atoms with Gasteiger partial charge in [0.2, 0.25) is 0 Å². The van der Waals surface area contributed by atoms with E-state index in [0.29, 0.717) is 6.42 Å². The highest BCUT2D eigenvalue weighted by atomic mass is 16.2. The Morgan fingerprint density at radius 2 is 1.89 bits per heavy atom. The van der Waals surface area contributed by atoms with Crippen molar-refractivity contribution in [1.82, 2.24) is 10.2 Å². The van der Waals surface area contributed by atoms with Gasteiger partial charge in [0.15, 0.2) is 0 Å². The number of hydrogen-bond donors (Lipinski definition) is 1. The maximum Gasteiger partial charge on any atom is 0.325 e. The number of urea groups is 1. The second kappa shape index (κ2) is 4.44. The lowest BCUT2D eigenvalue weighted by Crippen LogP contribution is -2.44. The molecular weight excluding hydrogens is 228 g/mol. The van der Waals surface area contributed by atoms with E-state index in [-0.39, 0.29) is 24.0 Å². The zero-order valence-electron chi connectivity index (χ0n) is 10.1. The molecule has 1 saturated heterocycles. The standard InChI is InChI=1S/C14H16N2O2/c17-13-12(9-10-5-2-1-3-6-10)15-14(18)16(13)11-7-4-8-11/h1-3,5-6,11-12H,4,7-9H2,(H,15,18). The summed E-state index contributed by atoms with van der Waals surface area (Å²) in [5.41, 5.74) is 1.08. The average molecular weight is 244 g/mol. The zero-order valence-corrected chi connectivity index (χ0v) is 10.1. The molecule has 4 nitrogen and oxygen atoms in total. The molecule has 1 aromatic rings. The average Bonchev–Trinajstić information content (AvgIpc) is 2.57. The summed E-state index contributed by atoms with van der Waals surface area (Å²) in [5.74, 6) is -0.0615. The van der Waals surface area contributed by atoms with Crippen LogP contribution >= 0.6 is 0 Å². The third-order valence-electron chi connectivity index (χ3n) is 3.77. The smallest absolute Gasteiger partial charge is 0.325 e. The van der Waals surface area contributed by atoms with E-state index in [9.17, 15) is 9.59 Å². The molecule has 18 heavy (non-hydrogen) atoms. The van der Waals surface area contributed by atoms with Crippen molar-refractivity contribution in [1.29, 1.82) is 0 Å². The molecule has 1 N–H and O–H groups in total. The van der Waals surface area contributed by atoms with Gasteiger partial charge in [0, 0.05) is 12.5 Å². The number of hydrogen-bond acceptors (Lipinski definition) is 2. The summed E-state index contributed by atoms with van der Waals surface area (Å²) in [7, 11) is 0. The summed E-state index contributed by atoms with van der Waals surface area (Å²) in [6.45, 7) is 0. The number of nitrogens with one attached hydrogen (secondary N) is 1. The quantitative estimate of drug-likeness (QED) is 0.823. The zero-order chi connectivity index (χ0) is 12.5. The first-order chi connectivity index (χ1) is 8.75. The van der Waals surface area contributed by atoms with Crippen molar-refractivity contribution in [2.75, 3.05) is 0 Å². The molecular formula is C14H16N2O2. The third-order valence-corrected chi connectivity index (χ3v) is 3.77. The van der Waals surface area contributed by atoms with Gasteiger partial charge in [0.25, 0.3) is 5.91 Å². The van der Waals surface area contributed by atoms with Crippen LogP contribution < -0.4 is 5.32 Å². The lowest BCUT2D eigenvalue weighted by Gasteiger charge is -2.32. The Balaban J connectivity index is 1.71. The van der Waals surface area contributed by atoms with E-state index >= 15 is 0 Å². The molecule has 1 aliphatic heterocycles. The van der Waals surface area contributed by atoms with Crippen LogP contribution in [0, 0.1) is 0 Å². The molecule has 3 amide bonds. The van der Waals surface area contributed by atoms with Crippen LogP contribution in [0.3, 0.4) is 0 Å². The van der Waals surface area contributed by atoms with Gasteiger partial charge in [0.1, 0.15) is 6.04 Å². The molecule has 0 bridgehead atoms. The molecule has 3 rings (SSSR count). The number of imide groups is 1. The maximum absolute atomic E-state index is 12.2. The van der Waals surface area contributed by atoms with Crippen molar-refractivity contribution < 1.29 is 9.59 Å². The molecule has 4 heteroatoms. The summed E-state index contributed by atoms with van der Waals surface area (Å²) in [4.78, 5) is 25.4. The lowest BCUT2D eigenvalue weighted by atomic mass is 9.91. The molecule has 1 aromatic carbocycles. The number of amides is 3. The van der Waals surface area contributed by atoms with E-state index < -0.39 is 0 Å². The Labute approximate surface area is 106 Å². The summed E-state index contributed by atoms with van der Waals surface area (Å²) in [6, 6.07) is 9.32. The highest BCUT2D eigenvalue weighted by Gasteiger charge is 2.43. The van der Waals surface area contributed by atoms with Crippen molar-refractivity contribution in [2.45, 2.75) is 37.8 Å². The fourth-order valence-corrected chi connectivity index (χ4v) is 2.53. The van der Waals surface area contributed by atoms with Crippen molar-refractivity contribution >= 4 is 11.9 Å². The van der Waals surface area contributed by atoms with Crippen LogP contribution in [0.4, 0.5) is 4.79 Å². The molecule has 94 valence electrons. The van der Waals surface area contributed by atoms with Crippen LogP contribution in [-0.2, 0) is 11.2 Å². The monoisotopic (exact) mass is 244 g/mol. The highest BCUT2D eigenvalue weighted by Crippen LogP contribution is 2.28. The van der Waals surface area contributed by atoms with Gasteiger partial charge < -0.3 is 5.32 Å². The molecule has 1 heterocycles. The van der Waals surface area contributed by atoms with Gasteiger partial charge in [-0.1, -0.05) is 30.3 Å². The van der Waals surface area contributed by atoms with Gasteiger partial charge in [-0.15, -0.1) is 0 Å². The van der Waals surface area contributed by atoms with E-state index in [1.165, 1.54) is 4.90 Å². The fourth-order valence-electron chi connectivity index (χ4n) is 2.53. The first-order valence-corrected chi connectivity index (χ1v) is 6.43. The van der Waals surface area contributed by atoms with Crippen LogP contribution in [0.15, 0.2) is 30.3 Å². The first kappa shape index (κ1) is 11.3. The predicted octanol–water partition coefficient (Wildman–Crippen LogP) is 1.70. The summed E-state index contributed by atoms with van der Waals surface area (Å²) in [6.07, 6.45) is 3.61. The molecule has 2 fully saturated rings. The van der Waals surface area contributed by atoms with E-state index in [0.717, 1.165) is 24.8 Å². The predicted molar refractivity (Wildman–Crippen MR) is 67.0 cm³/mol. The van der Waals surface area contributed by atoms with Gasteiger partial charge in [0.05, 0.1) is 0 Å². The summed E-state index contributed by atoms with van der Waals surface area (Å²) < 4.78 is 0. The molecule has 1 atom stereocenters. The minimum absolute atomic E-state index is 0.0615. The number of nitrogens with zero attached hydrogens (tertiary/aromatic N) is 1. The second-order valence-electron chi connectivity index (χ2n) is 4.98. The Kier molecular flexibility index (Phi) is 2.78. The number of rotatable bonds is 3. The number of carbonyl (C=O) groups excluding carboxylic acids is 2. The van der Waals surface area contributed by atoms with Crippen molar-refractivity contribution in [3.05, 3.63) is 35.9 Å². The minimum atomic E-state index is -0.388. The maximum atomic E-state index is 12.2. The Morgan fingerprint density at radius 1 is 1.17 bits per heavy atom. The fraction of sp³-hybridized carbons (Fsp3) is 0.429. The highest BCUT2D eigenvalue weighted by molar-refractivity contribution is 6.04. The van der Waals surface area contributed by atoms with Crippen LogP contribution in [-0.4, -0.2) is 28.9 Å². The van der Waals surface area contributed by atoms with Crippen LogP contribution in [0.1, 0.15) is 24.8 Å². The molecule has 2 aliphatic rings. The summed E-state index contributed by atoms with van der Waals surface area (Å²) >= 11 is 0. The second-order valence-corrected chi connectivity index (χ2v) is 4.98. The van der Waals surface area contributed by atoms with Crippen LogP contribution in [0.25, 0.3) is 0 Å². The van der Waals surface area contributed by atoms with Gasteiger partial charge in [-0.05, 0) is 24.8 Å². The van der Waals surface area contributed by atoms with Gasteiger partial charge in [-0.25, -0.2) is 4.79 Å². The molecule has 0 radical (unpaired) electrons. The third kappa shape index (κ3) is 1.88. The Morgan fingerprint density at radius 3 is 2.50 bits per heavy atom. The number of benzene rings is 1. The largest absolute Gasteiger partial charge is 0.325 e. The molecule has 1 aliphatic carbocycles. The normalized spacial score (nSPS) is 24.0. The SMILES string of the molecule is O=C1NC(Cc2ccccc2)C(=O)N1C1CCC1. The molecule has 1 unspecified atom stereocenters. The van der Waals surface area contributed by atoms with Crippen LogP contribution in [0.5, 0.6) is 0 Å². The number of carbonyl (C=O) groups is 2. The lowest BCUT2D eigenvalue weighted by molar-refractivity contribution is -0.130. The first-order valence-electron chi connectivity index (χ1n) is 6.43. The molecule has 0 spiro atoms. The van der Waals surface area contributed by atoms with Crippen LogP contribution in [0.2, 0.25) is 0 Å². The molecule has 1 saturated carbocycles. The van der Waals surface area contributed by atoms with Crippen molar-refractivity contribution in [3.63, 3.8) is 0 Å². The van der Waals surface area contributed by atoms with Crippen molar-refractivity contribution in [3.8, 4) is 0 Å². The summed E-state index contributed by atoms with van der Waals surface area (Å²) in [5, 5.41) is 2.79. The van der Waals surface area contributed by atoms with E-state index in [4.69, 9.17) is 0 Å². The topological polar surface area (TPSA) is 49.4 Å². The minimum Gasteiger partial charge on any atom is -0.325 e. The van der Waals surface area contributed by atoms with Gasteiger partial charge in [-0.3, -0.25) is 9.69 Å². The Hall–Kier alpha value is -1.84. The van der Waals surface area contributed by atoms with E-state index in [1.54, 1.807) is 0 Å². The van der Waals surface area contributed by atoms with E-state index in [1.807, 2.05) is 30.3 Å². The van der Waals surface area contributed by atoms with Gasteiger partial charge in [-0.2, -0.15) is 0 Å².